The third kappa shape index (κ3) is 3.18. The molecule has 3 heteroatoms. The van der Waals surface area contributed by atoms with Crippen molar-refractivity contribution in [2.24, 2.45) is 11.8 Å². The van der Waals surface area contributed by atoms with E-state index in [4.69, 9.17) is 11.6 Å². The fourth-order valence-corrected chi connectivity index (χ4v) is 2.15. The van der Waals surface area contributed by atoms with Crippen molar-refractivity contribution in [1.29, 1.82) is 0 Å². The fraction of sp³-hybridized carbons (Fsp3) is 0.500. The Balaban J connectivity index is 2.91. The highest BCUT2D eigenvalue weighted by atomic mass is 79.9. The van der Waals surface area contributed by atoms with Crippen LogP contribution in [0.4, 0.5) is 4.39 Å². The molecule has 0 spiro atoms. The summed E-state index contributed by atoms with van der Waals surface area (Å²) in [6, 6.07) is 4.95. The van der Waals surface area contributed by atoms with Crippen LogP contribution in [0.2, 0.25) is 0 Å². The molecule has 0 heterocycles. The number of hydrogen-bond acceptors (Lipinski definition) is 0. The molecule has 84 valence electrons. The maximum Gasteiger partial charge on any atom is 0.137 e. The zero-order chi connectivity index (χ0) is 11.6. The van der Waals surface area contributed by atoms with E-state index in [2.05, 4.69) is 36.7 Å². The second-order valence-corrected chi connectivity index (χ2v) is 5.50. The lowest BCUT2D eigenvalue weighted by Gasteiger charge is -2.22. The molecule has 0 saturated heterocycles. The van der Waals surface area contributed by atoms with Gasteiger partial charge in [0.25, 0.3) is 0 Å². The minimum Gasteiger partial charge on any atom is -0.206 e. The van der Waals surface area contributed by atoms with Gasteiger partial charge in [-0.25, -0.2) is 4.39 Å². The van der Waals surface area contributed by atoms with Crippen molar-refractivity contribution in [3.63, 3.8) is 0 Å². The van der Waals surface area contributed by atoms with Crippen LogP contribution in [0.5, 0.6) is 0 Å². The number of benzene rings is 1. The molecule has 0 radical (unpaired) electrons. The van der Waals surface area contributed by atoms with E-state index in [1.165, 1.54) is 6.07 Å². The van der Waals surface area contributed by atoms with E-state index in [0.29, 0.717) is 16.3 Å². The van der Waals surface area contributed by atoms with Crippen molar-refractivity contribution in [3.05, 3.63) is 34.1 Å². The third-order valence-electron chi connectivity index (χ3n) is 2.78. The molecule has 0 nitrogen and oxygen atoms in total. The van der Waals surface area contributed by atoms with E-state index in [0.717, 1.165) is 5.56 Å². The Morgan fingerprint density at radius 2 is 1.87 bits per heavy atom. The van der Waals surface area contributed by atoms with Crippen LogP contribution in [0.3, 0.4) is 0 Å². The molecule has 0 bridgehead atoms. The fourth-order valence-electron chi connectivity index (χ4n) is 1.33. The molecule has 1 aromatic carbocycles. The van der Waals surface area contributed by atoms with Crippen molar-refractivity contribution in [2.75, 3.05) is 0 Å². The number of hydrogen-bond donors (Lipinski definition) is 0. The van der Waals surface area contributed by atoms with Gasteiger partial charge in [0.05, 0.1) is 9.85 Å². The van der Waals surface area contributed by atoms with E-state index in [-0.39, 0.29) is 11.2 Å². The average molecular weight is 294 g/mol. The average Bonchev–Trinajstić information content (AvgIpc) is 2.19. The molecule has 15 heavy (non-hydrogen) atoms. The van der Waals surface area contributed by atoms with Gasteiger partial charge in [-0.05, 0) is 45.5 Å². The molecule has 0 aliphatic rings. The van der Waals surface area contributed by atoms with E-state index >= 15 is 0 Å². The van der Waals surface area contributed by atoms with Crippen molar-refractivity contribution < 1.29 is 4.39 Å². The number of alkyl halides is 1. The lowest BCUT2D eigenvalue weighted by Crippen LogP contribution is -2.10. The summed E-state index contributed by atoms with van der Waals surface area (Å²) in [5.41, 5.74) is 0.964. The van der Waals surface area contributed by atoms with Gasteiger partial charge in [0, 0.05) is 0 Å². The molecule has 0 aliphatic carbocycles. The molecule has 2 atom stereocenters. The van der Waals surface area contributed by atoms with Crippen LogP contribution in [-0.2, 0) is 0 Å². The molecule has 0 fully saturated rings. The van der Waals surface area contributed by atoms with Crippen LogP contribution in [0.25, 0.3) is 0 Å². The van der Waals surface area contributed by atoms with Crippen LogP contribution in [0.1, 0.15) is 31.7 Å². The van der Waals surface area contributed by atoms with Gasteiger partial charge in [0.1, 0.15) is 5.82 Å². The normalized spacial score (nSPS) is 15.4. The first-order valence-electron chi connectivity index (χ1n) is 5.02. The zero-order valence-electron chi connectivity index (χ0n) is 9.10. The summed E-state index contributed by atoms with van der Waals surface area (Å²) in [7, 11) is 0. The first kappa shape index (κ1) is 13.0. The van der Waals surface area contributed by atoms with Gasteiger partial charge in [0.15, 0.2) is 0 Å². The largest absolute Gasteiger partial charge is 0.206 e. The van der Waals surface area contributed by atoms with Crippen LogP contribution in [-0.4, -0.2) is 0 Å². The molecule has 0 aromatic heterocycles. The summed E-state index contributed by atoms with van der Waals surface area (Å²) in [4.78, 5) is 0. The maximum atomic E-state index is 13.0. The Morgan fingerprint density at radius 1 is 1.27 bits per heavy atom. The predicted octanol–water partition coefficient (Wildman–Crippen LogP) is 5.16. The van der Waals surface area contributed by atoms with Crippen LogP contribution in [0, 0.1) is 17.7 Å². The van der Waals surface area contributed by atoms with Crippen LogP contribution < -0.4 is 0 Å². The van der Waals surface area contributed by atoms with Crippen LogP contribution in [0.15, 0.2) is 22.7 Å². The number of rotatable bonds is 3. The predicted molar refractivity (Wildman–Crippen MR) is 66.7 cm³/mol. The molecule has 1 rings (SSSR count). The molecule has 0 saturated carbocycles. The summed E-state index contributed by atoms with van der Waals surface area (Å²) >= 11 is 9.50. The maximum absolute atomic E-state index is 13.0. The van der Waals surface area contributed by atoms with Crippen molar-refractivity contribution in [1.82, 2.24) is 0 Å². The van der Waals surface area contributed by atoms with E-state index in [1.54, 1.807) is 12.1 Å². The molecule has 1 aromatic rings. The topological polar surface area (TPSA) is 0 Å². The lowest BCUT2D eigenvalue weighted by molar-refractivity contribution is 0.406. The molecule has 2 unspecified atom stereocenters. The minimum atomic E-state index is -0.250. The Bertz CT molecular complexity index is 338. The molecule has 0 N–H and O–H groups in total. The Hall–Kier alpha value is -0.0800. The Labute approximate surface area is 104 Å². The van der Waals surface area contributed by atoms with Gasteiger partial charge in [-0.3, -0.25) is 0 Å². The summed E-state index contributed by atoms with van der Waals surface area (Å²) in [6.45, 7) is 6.39. The van der Waals surface area contributed by atoms with Gasteiger partial charge >= 0.3 is 0 Å². The van der Waals surface area contributed by atoms with Gasteiger partial charge < -0.3 is 0 Å². The summed E-state index contributed by atoms with van der Waals surface area (Å²) in [5.74, 6) is 0.625. The monoisotopic (exact) mass is 292 g/mol. The summed E-state index contributed by atoms with van der Waals surface area (Å²) < 4.78 is 13.5. The van der Waals surface area contributed by atoms with Gasteiger partial charge in [-0.2, -0.15) is 0 Å². The Morgan fingerprint density at radius 3 is 2.33 bits per heavy atom. The first-order valence-corrected chi connectivity index (χ1v) is 6.25. The second kappa shape index (κ2) is 5.31. The third-order valence-corrected chi connectivity index (χ3v) is 4.03. The zero-order valence-corrected chi connectivity index (χ0v) is 11.4. The Kier molecular flexibility index (Phi) is 4.60. The molecular formula is C12H15BrClF. The standard InChI is InChI=1S/C12H15BrClF/c1-7(2)8(3)12(14)9-4-5-11(15)10(13)6-9/h4-8,12H,1-3H3. The van der Waals surface area contributed by atoms with E-state index in [1.807, 2.05) is 0 Å². The summed E-state index contributed by atoms with van der Waals surface area (Å²) in [5, 5.41) is -0.0677. The second-order valence-electron chi connectivity index (χ2n) is 4.18. The highest BCUT2D eigenvalue weighted by molar-refractivity contribution is 9.10. The van der Waals surface area contributed by atoms with Gasteiger partial charge in [0.2, 0.25) is 0 Å². The quantitative estimate of drug-likeness (QED) is 0.675. The van der Waals surface area contributed by atoms with Gasteiger partial charge in [-0.15, -0.1) is 11.6 Å². The van der Waals surface area contributed by atoms with Crippen LogP contribution >= 0.6 is 27.5 Å². The number of halogens is 3. The molecule has 0 aliphatic heterocycles. The van der Waals surface area contributed by atoms with Crippen molar-refractivity contribution in [2.45, 2.75) is 26.1 Å². The smallest absolute Gasteiger partial charge is 0.137 e. The van der Waals surface area contributed by atoms with E-state index in [9.17, 15) is 4.39 Å². The lowest BCUT2D eigenvalue weighted by atomic mass is 9.90. The highest BCUT2D eigenvalue weighted by Crippen LogP contribution is 2.34. The molecular weight excluding hydrogens is 278 g/mol. The van der Waals surface area contributed by atoms with Crippen molar-refractivity contribution in [3.8, 4) is 0 Å². The SMILES string of the molecule is CC(C)C(C)C(Cl)c1ccc(F)c(Br)c1. The molecule has 0 amide bonds. The first-order chi connectivity index (χ1) is 6.93. The summed E-state index contributed by atoms with van der Waals surface area (Å²) in [6.07, 6.45) is 0. The minimum absolute atomic E-state index is 0.0677. The van der Waals surface area contributed by atoms with Gasteiger partial charge in [-0.1, -0.05) is 26.8 Å². The van der Waals surface area contributed by atoms with E-state index < -0.39 is 0 Å². The highest BCUT2D eigenvalue weighted by Gasteiger charge is 2.20. The van der Waals surface area contributed by atoms with Crippen molar-refractivity contribution >= 4 is 27.5 Å².